The van der Waals surface area contributed by atoms with E-state index >= 15 is 0 Å². The molecule has 0 bridgehead atoms. The van der Waals surface area contributed by atoms with Crippen molar-refractivity contribution in [1.82, 2.24) is 5.09 Å². The molecule has 1 atom stereocenters. The number of rotatable bonds is 5. The van der Waals surface area contributed by atoms with Gasteiger partial charge in [0.25, 0.3) is 8.18 Å². The molecule has 1 N–H and O–H groups in total. The standard InChI is InChI=1S/C7H14NO4P/c1-3-12-13(10)8-7(4-5-7)6(9)11-2/h13H,3-5H2,1-2H3,(H,8,10). The molecule has 13 heavy (non-hydrogen) atoms. The average Bonchev–Trinajstić information content (AvgIpc) is 2.85. The van der Waals surface area contributed by atoms with Crippen LogP contribution in [0.15, 0.2) is 0 Å². The predicted molar refractivity (Wildman–Crippen MR) is 47.7 cm³/mol. The van der Waals surface area contributed by atoms with Crippen LogP contribution >= 0.6 is 8.18 Å². The largest absolute Gasteiger partial charge is 0.468 e. The lowest BCUT2D eigenvalue weighted by Crippen LogP contribution is -2.35. The molecule has 6 heteroatoms. The Morgan fingerprint density at radius 3 is 2.62 bits per heavy atom. The summed E-state index contributed by atoms with van der Waals surface area (Å²) in [5, 5.41) is 2.67. The maximum atomic E-state index is 11.2. The monoisotopic (exact) mass is 207 g/mol. The fourth-order valence-electron chi connectivity index (χ4n) is 1.06. The van der Waals surface area contributed by atoms with E-state index in [1.165, 1.54) is 7.11 Å². The number of ether oxygens (including phenoxy) is 1. The number of hydrogen-bond acceptors (Lipinski definition) is 4. The number of hydrogen-bond donors (Lipinski definition) is 1. The van der Waals surface area contributed by atoms with E-state index in [0.29, 0.717) is 19.4 Å². The summed E-state index contributed by atoms with van der Waals surface area (Å²) in [7, 11) is -0.969. The van der Waals surface area contributed by atoms with Crippen molar-refractivity contribution in [3.63, 3.8) is 0 Å². The van der Waals surface area contributed by atoms with Gasteiger partial charge < -0.3 is 9.26 Å². The van der Waals surface area contributed by atoms with E-state index in [0.717, 1.165) is 0 Å². The first kappa shape index (κ1) is 10.7. The van der Waals surface area contributed by atoms with E-state index in [1.54, 1.807) is 6.92 Å². The summed E-state index contributed by atoms with van der Waals surface area (Å²) >= 11 is 0. The molecule has 1 unspecified atom stereocenters. The topological polar surface area (TPSA) is 64.6 Å². The van der Waals surface area contributed by atoms with Gasteiger partial charge in [-0.25, -0.2) is 5.09 Å². The number of esters is 1. The summed E-state index contributed by atoms with van der Waals surface area (Å²) in [5.74, 6) is -0.356. The zero-order valence-electron chi connectivity index (χ0n) is 7.75. The Balaban J connectivity index is 2.43. The average molecular weight is 207 g/mol. The smallest absolute Gasteiger partial charge is 0.326 e. The second-order valence-corrected chi connectivity index (χ2v) is 4.03. The van der Waals surface area contributed by atoms with Gasteiger partial charge in [0.1, 0.15) is 5.54 Å². The van der Waals surface area contributed by atoms with Crippen molar-refractivity contribution in [2.45, 2.75) is 25.3 Å². The minimum Gasteiger partial charge on any atom is -0.468 e. The molecular formula is C7H14NO4P. The highest BCUT2D eigenvalue weighted by atomic mass is 31.1. The Kier molecular flexibility index (Phi) is 3.47. The van der Waals surface area contributed by atoms with Crippen LogP contribution in [-0.2, 0) is 18.6 Å². The molecule has 0 saturated heterocycles. The highest BCUT2D eigenvalue weighted by molar-refractivity contribution is 7.36. The molecule has 1 aliphatic rings. The molecule has 0 aromatic carbocycles. The van der Waals surface area contributed by atoms with Gasteiger partial charge in [-0.3, -0.25) is 9.36 Å². The van der Waals surface area contributed by atoms with Crippen LogP contribution in [0.5, 0.6) is 0 Å². The van der Waals surface area contributed by atoms with Crippen LogP contribution in [0.1, 0.15) is 19.8 Å². The molecule has 1 rings (SSSR count). The molecule has 0 aromatic rings. The van der Waals surface area contributed by atoms with Crippen molar-refractivity contribution < 1.29 is 18.6 Å². The fourth-order valence-corrected chi connectivity index (χ4v) is 2.14. The normalized spacial score (nSPS) is 20.8. The van der Waals surface area contributed by atoms with Crippen molar-refractivity contribution in [1.29, 1.82) is 0 Å². The Hall–Kier alpha value is -0.380. The quantitative estimate of drug-likeness (QED) is 0.531. The molecular weight excluding hydrogens is 193 g/mol. The second-order valence-electron chi connectivity index (χ2n) is 2.92. The van der Waals surface area contributed by atoms with Crippen molar-refractivity contribution in [2.24, 2.45) is 0 Å². The fraction of sp³-hybridized carbons (Fsp3) is 0.857. The van der Waals surface area contributed by atoms with Crippen LogP contribution in [-0.4, -0.2) is 25.2 Å². The highest BCUT2D eigenvalue weighted by Gasteiger charge is 2.52. The number of carbonyl (C=O) groups is 1. The second kappa shape index (κ2) is 4.22. The van der Waals surface area contributed by atoms with Crippen LogP contribution in [0.25, 0.3) is 0 Å². The molecule has 0 aromatic heterocycles. The lowest BCUT2D eigenvalue weighted by atomic mass is 10.3. The summed E-state index contributed by atoms with van der Waals surface area (Å²) in [4.78, 5) is 11.2. The van der Waals surface area contributed by atoms with Crippen molar-refractivity contribution in [3.8, 4) is 0 Å². The molecule has 0 aliphatic heterocycles. The number of methoxy groups -OCH3 is 1. The van der Waals surface area contributed by atoms with Gasteiger partial charge in [0.2, 0.25) is 0 Å². The van der Waals surface area contributed by atoms with Gasteiger partial charge in [-0.2, -0.15) is 0 Å². The van der Waals surface area contributed by atoms with Crippen molar-refractivity contribution in [3.05, 3.63) is 0 Å². The summed E-state index contributed by atoms with van der Waals surface area (Å²) < 4.78 is 20.6. The number of carbonyl (C=O) groups excluding carboxylic acids is 1. The lowest BCUT2D eigenvalue weighted by molar-refractivity contribution is -0.143. The molecule has 1 fully saturated rings. The van der Waals surface area contributed by atoms with Crippen molar-refractivity contribution >= 4 is 14.1 Å². The van der Waals surface area contributed by atoms with E-state index in [-0.39, 0.29) is 5.97 Å². The molecule has 0 amide bonds. The Morgan fingerprint density at radius 2 is 2.23 bits per heavy atom. The van der Waals surface area contributed by atoms with Gasteiger partial charge in [0.15, 0.2) is 0 Å². The van der Waals surface area contributed by atoms with E-state index in [2.05, 4.69) is 9.82 Å². The first-order valence-corrected chi connectivity index (χ1v) is 5.49. The van der Waals surface area contributed by atoms with Gasteiger partial charge in [-0.1, -0.05) is 0 Å². The van der Waals surface area contributed by atoms with E-state index < -0.39 is 13.7 Å². The molecule has 5 nitrogen and oxygen atoms in total. The Morgan fingerprint density at radius 1 is 1.62 bits per heavy atom. The predicted octanol–water partition coefficient (Wildman–Crippen LogP) is 0.708. The van der Waals surface area contributed by atoms with E-state index in [9.17, 15) is 9.36 Å². The van der Waals surface area contributed by atoms with E-state index in [4.69, 9.17) is 4.52 Å². The summed E-state index contributed by atoms with van der Waals surface area (Å²) in [6, 6.07) is 0. The molecule has 0 radical (unpaired) electrons. The minimum absolute atomic E-state index is 0.356. The summed E-state index contributed by atoms with van der Waals surface area (Å²) in [5.41, 5.74) is -0.722. The first-order chi connectivity index (χ1) is 6.14. The van der Waals surface area contributed by atoms with Crippen molar-refractivity contribution in [2.75, 3.05) is 13.7 Å². The van der Waals surface area contributed by atoms with Gasteiger partial charge >= 0.3 is 5.97 Å². The zero-order valence-corrected chi connectivity index (χ0v) is 8.75. The maximum absolute atomic E-state index is 11.2. The van der Waals surface area contributed by atoms with Gasteiger partial charge in [-0.05, 0) is 19.8 Å². The SMILES string of the molecule is CCO[PH](=O)NC1(C(=O)OC)CC1. The van der Waals surface area contributed by atoms with Gasteiger partial charge in [0, 0.05) is 0 Å². The Labute approximate surface area is 77.7 Å². The number of nitrogens with one attached hydrogen (secondary N) is 1. The molecule has 1 saturated carbocycles. The molecule has 0 spiro atoms. The van der Waals surface area contributed by atoms with Crippen LogP contribution in [0.4, 0.5) is 0 Å². The summed E-state index contributed by atoms with van der Waals surface area (Å²) in [6.45, 7) is 2.13. The third-order valence-corrected chi connectivity index (χ3v) is 3.18. The lowest BCUT2D eigenvalue weighted by Gasteiger charge is -2.13. The Bertz CT molecular complexity index is 227. The van der Waals surface area contributed by atoms with Gasteiger partial charge in [0.05, 0.1) is 13.7 Å². The third-order valence-electron chi connectivity index (χ3n) is 1.94. The summed E-state index contributed by atoms with van der Waals surface area (Å²) in [6.07, 6.45) is 1.34. The first-order valence-electron chi connectivity index (χ1n) is 4.18. The maximum Gasteiger partial charge on any atom is 0.326 e. The van der Waals surface area contributed by atoms with Gasteiger partial charge in [-0.15, -0.1) is 0 Å². The molecule has 1 aliphatic carbocycles. The van der Waals surface area contributed by atoms with Crippen LogP contribution in [0.2, 0.25) is 0 Å². The molecule has 76 valence electrons. The highest BCUT2D eigenvalue weighted by Crippen LogP contribution is 2.41. The van der Waals surface area contributed by atoms with E-state index in [1.807, 2.05) is 0 Å². The van der Waals surface area contributed by atoms with Crippen LogP contribution < -0.4 is 5.09 Å². The zero-order chi connectivity index (χ0) is 9.90. The molecule has 0 heterocycles. The van der Waals surface area contributed by atoms with Crippen LogP contribution in [0, 0.1) is 0 Å². The van der Waals surface area contributed by atoms with Crippen LogP contribution in [0.3, 0.4) is 0 Å². The minimum atomic E-state index is -2.29. The third kappa shape index (κ3) is 2.53.